The van der Waals surface area contributed by atoms with Crippen molar-refractivity contribution in [2.45, 2.75) is 0 Å². The first-order chi connectivity index (χ1) is 11.6. The SMILES string of the molecule is O=CNc1cn2cc(-c3c(Cl)c(F)c(Br)c4[nH]ncc34)ccc2n1. The van der Waals surface area contributed by atoms with Gasteiger partial charge < -0.3 is 9.72 Å². The average Bonchev–Trinajstić information content (AvgIpc) is 3.19. The van der Waals surface area contributed by atoms with E-state index in [1.165, 1.54) is 0 Å². The van der Waals surface area contributed by atoms with Gasteiger partial charge in [0.1, 0.15) is 5.65 Å². The number of hydrogen-bond acceptors (Lipinski definition) is 3. The molecule has 1 aromatic carbocycles. The normalized spacial score (nSPS) is 11.3. The van der Waals surface area contributed by atoms with Crippen LogP contribution in [-0.4, -0.2) is 26.0 Å². The van der Waals surface area contributed by atoms with E-state index in [0.717, 1.165) is 0 Å². The molecule has 0 atom stereocenters. The van der Waals surface area contributed by atoms with Gasteiger partial charge in [-0.1, -0.05) is 11.6 Å². The van der Waals surface area contributed by atoms with Gasteiger partial charge >= 0.3 is 0 Å². The number of halogens is 3. The van der Waals surface area contributed by atoms with E-state index >= 15 is 0 Å². The van der Waals surface area contributed by atoms with Crippen LogP contribution in [0.4, 0.5) is 10.2 Å². The molecule has 9 heteroatoms. The number of nitrogens with one attached hydrogen (secondary N) is 2. The first kappa shape index (κ1) is 15.1. The number of aromatic nitrogens is 4. The topological polar surface area (TPSA) is 75.1 Å². The molecule has 0 aliphatic heterocycles. The van der Waals surface area contributed by atoms with E-state index in [2.05, 4.69) is 36.4 Å². The maximum atomic E-state index is 14.4. The number of nitrogens with zero attached hydrogens (tertiary/aromatic N) is 3. The van der Waals surface area contributed by atoms with Crippen LogP contribution in [0.2, 0.25) is 5.02 Å². The average molecular weight is 409 g/mol. The first-order valence-corrected chi connectivity index (χ1v) is 7.96. The van der Waals surface area contributed by atoms with Crippen molar-refractivity contribution in [3.63, 3.8) is 0 Å². The number of rotatable bonds is 3. The molecule has 0 bridgehead atoms. The molecular weight excluding hydrogens is 401 g/mol. The summed E-state index contributed by atoms with van der Waals surface area (Å²) in [6.07, 6.45) is 5.57. The molecule has 0 spiro atoms. The molecule has 120 valence electrons. The predicted molar refractivity (Wildman–Crippen MR) is 92.6 cm³/mol. The number of imidazole rings is 1. The van der Waals surface area contributed by atoms with Gasteiger partial charge in [-0.15, -0.1) is 0 Å². The largest absolute Gasteiger partial charge is 0.312 e. The Bertz CT molecular complexity index is 1110. The molecule has 0 saturated heterocycles. The Balaban J connectivity index is 1.99. The molecular formula is C15H8BrClFN5O. The van der Waals surface area contributed by atoms with Crippen LogP contribution in [0.5, 0.6) is 0 Å². The number of benzene rings is 1. The molecule has 0 radical (unpaired) electrons. The fourth-order valence-electron chi connectivity index (χ4n) is 2.63. The lowest BCUT2D eigenvalue weighted by Gasteiger charge is -2.09. The van der Waals surface area contributed by atoms with E-state index in [1.54, 1.807) is 35.1 Å². The quantitative estimate of drug-likeness (QED) is 0.397. The van der Waals surface area contributed by atoms with Crippen LogP contribution in [0.25, 0.3) is 27.7 Å². The fraction of sp³-hybridized carbons (Fsp3) is 0. The standard InChI is InChI=1S/C15H8BrClFN5O/c16-12-14(18)13(17)11(8-3-20-22-15(8)12)7-1-2-10-21-9(19-6-24)5-23(10)4-7/h1-6H,(H,19,24)(H,20,22). The monoisotopic (exact) mass is 407 g/mol. The van der Waals surface area contributed by atoms with Crippen molar-refractivity contribution in [2.75, 3.05) is 5.32 Å². The minimum absolute atomic E-state index is 0.00137. The van der Waals surface area contributed by atoms with Crippen LogP contribution in [0.3, 0.4) is 0 Å². The molecule has 4 aromatic rings. The summed E-state index contributed by atoms with van der Waals surface area (Å²) in [5.74, 6) is -0.138. The van der Waals surface area contributed by atoms with Gasteiger partial charge in [0.15, 0.2) is 11.6 Å². The maximum Gasteiger partial charge on any atom is 0.212 e. The van der Waals surface area contributed by atoms with E-state index in [-0.39, 0.29) is 9.50 Å². The zero-order valence-electron chi connectivity index (χ0n) is 11.8. The van der Waals surface area contributed by atoms with Crippen molar-refractivity contribution < 1.29 is 9.18 Å². The Morgan fingerprint density at radius 3 is 3.00 bits per heavy atom. The minimum Gasteiger partial charge on any atom is -0.312 e. The lowest BCUT2D eigenvalue weighted by Crippen LogP contribution is -1.92. The number of aromatic amines is 1. The van der Waals surface area contributed by atoms with Gasteiger partial charge in [-0.2, -0.15) is 5.10 Å². The van der Waals surface area contributed by atoms with Gasteiger partial charge in [-0.05, 0) is 28.1 Å². The number of carbonyl (C=O) groups excluding carboxylic acids is 1. The highest BCUT2D eigenvalue weighted by Gasteiger charge is 2.20. The molecule has 0 aliphatic rings. The summed E-state index contributed by atoms with van der Waals surface area (Å²) in [6, 6.07) is 3.54. The second kappa shape index (κ2) is 5.57. The van der Waals surface area contributed by atoms with Crippen molar-refractivity contribution in [2.24, 2.45) is 0 Å². The molecule has 0 unspecified atom stereocenters. The second-order valence-corrected chi connectivity index (χ2v) is 6.22. The van der Waals surface area contributed by atoms with Gasteiger partial charge in [-0.25, -0.2) is 9.37 Å². The van der Waals surface area contributed by atoms with E-state index in [4.69, 9.17) is 11.6 Å². The Hall–Kier alpha value is -2.45. The molecule has 2 N–H and O–H groups in total. The minimum atomic E-state index is -0.558. The highest BCUT2D eigenvalue weighted by atomic mass is 79.9. The Morgan fingerprint density at radius 2 is 2.21 bits per heavy atom. The summed E-state index contributed by atoms with van der Waals surface area (Å²) in [5.41, 5.74) is 2.39. The second-order valence-electron chi connectivity index (χ2n) is 5.05. The third kappa shape index (κ3) is 2.18. The molecule has 0 aliphatic carbocycles. The molecule has 24 heavy (non-hydrogen) atoms. The lowest BCUT2D eigenvalue weighted by molar-refractivity contribution is -0.105. The first-order valence-electron chi connectivity index (χ1n) is 6.79. The lowest BCUT2D eigenvalue weighted by atomic mass is 10.0. The van der Waals surface area contributed by atoms with Crippen molar-refractivity contribution in [1.82, 2.24) is 19.6 Å². The van der Waals surface area contributed by atoms with E-state index in [9.17, 15) is 9.18 Å². The molecule has 0 saturated carbocycles. The third-order valence-electron chi connectivity index (χ3n) is 3.68. The van der Waals surface area contributed by atoms with Crippen LogP contribution in [-0.2, 0) is 4.79 Å². The van der Waals surface area contributed by atoms with Crippen LogP contribution in [0.1, 0.15) is 0 Å². The van der Waals surface area contributed by atoms with Gasteiger partial charge in [0.05, 0.1) is 27.4 Å². The number of H-pyrrole nitrogens is 1. The van der Waals surface area contributed by atoms with Crippen LogP contribution in [0.15, 0.2) is 35.2 Å². The van der Waals surface area contributed by atoms with Gasteiger partial charge in [0, 0.05) is 22.7 Å². The molecule has 3 heterocycles. The maximum absolute atomic E-state index is 14.4. The number of amides is 1. The summed E-state index contributed by atoms with van der Waals surface area (Å²) in [5, 5.41) is 9.92. The predicted octanol–water partition coefficient (Wildman–Crippen LogP) is 4.00. The summed E-state index contributed by atoms with van der Waals surface area (Å²) < 4.78 is 16.4. The Morgan fingerprint density at radius 1 is 1.38 bits per heavy atom. The number of carbonyl (C=O) groups is 1. The molecule has 0 fully saturated rings. The zero-order chi connectivity index (χ0) is 16.8. The highest BCUT2D eigenvalue weighted by Crippen LogP contribution is 2.40. The van der Waals surface area contributed by atoms with Gasteiger partial charge in [0.25, 0.3) is 0 Å². The van der Waals surface area contributed by atoms with Crippen LogP contribution < -0.4 is 5.32 Å². The van der Waals surface area contributed by atoms with E-state index in [0.29, 0.717) is 39.9 Å². The van der Waals surface area contributed by atoms with Crippen molar-refractivity contribution in [3.8, 4) is 11.1 Å². The highest BCUT2D eigenvalue weighted by molar-refractivity contribution is 9.10. The molecule has 6 nitrogen and oxygen atoms in total. The molecule has 3 aromatic heterocycles. The number of pyridine rings is 1. The summed E-state index contributed by atoms with van der Waals surface area (Å²) in [4.78, 5) is 14.8. The Labute approximate surface area is 147 Å². The number of fused-ring (bicyclic) bond motifs is 2. The number of hydrogen-bond donors (Lipinski definition) is 2. The van der Waals surface area contributed by atoms with Gasteiger partial charge in [-0.3, -0.25) is 9.89 Å². The smallest absolute Gasteiger partial charge is 0.212 e. The van der Waals surface area contributed by atoms with E-state index < -0.39 is 5.82 Å². The summed E-state index contributed by atoms with van der Waals surface area (Å²) in [6.45, 7) is 0. The third-order valence-corrected chi connectivity index (χ3v) is 4.78. The number of anilines is 1. The van der Waals surface area contributed by atoms with Crippen LogP contribution >= 0.6 is 27.5 Å². The van der Waals surface area contributed by atoms with Gasteiger partial charge in [0.2, 0.25) is 6.41 Å². The summed E-state index contributed by atoms with van der Waals surface area (Å²) >= 11 is 9.44. The molecule has 1 amide bonds. The van der Waals surface area contributed by atoms with Crippen molar-refractivity contribution in [1.29, 1.82) is 0 Å². The summed E-state index contributed by atoms with van der Waals surface area (Å²) in [7, 11) is 0. The van der Waals surface area contributed by atoms with E-state index in [1.807, 2.05) is 0 Å². The molecule has 4 rings (SSSR count). The van der Waals surface area contributed by atoms with Crippen molar-refractivity contribution in [3.05, 3.63) is 46.0 Å². The zero-order valence-corrected chi connectivity index (χ0v) is 14.2. The fourth-order valence-corrected chi connectivity index (χ4v) is 3.55. The van der Waals surface area contributed by atoms with Crippen molar-refractivity contribution >= 4 is 56.3 Å². The Kier molecular flexibility index (Phi) is 3.50. The van der Waals surface area contributed by atoms with Crippen LogP contribution in [0, 0.1) is 5.82 Å².